The van der Waals surface area contributed by atoms with Crippen LogP contribution in [0.1, 0.15) is 27.2 Å². The second-order valence-corrected chi connectivity index (χ2v) is 5.22. The molecule has 0 atom stereocenters. The van der Waals surface area contributed by atoms with Gasteiger partial charge in [-0.3, -0.25) is 10.1 Å². The molecule has 100 valence electrons. The van der Waals surface area contributed by atoms with Crippen molar-refractivity contribution in [3.8, 4) is 5.88 Å². The second kappa shape index (κ2) is 5.66. The van der Waals surface area contributed by atoms with Gasteiger partial charge in [0.15, 0.2) is 0 Å². The maximum Gasteiger partial charge on any atom is 0.311 e. The van der Waals surface area contributed by atoms with Gasteiger partial charge in [-0.1, -0.05) is 20.8 Å². The summed E-state index contributed by atoms with van der Waals surface area (Å²) in [4.78, 5) is 14.5. The number of aromatic nitrogens is 1. The van der Waals surface area contributed by atoms with Crippen molar-refractivity contribution < 1.29 is 9.66 Å². The third-order valence-corrected chi connectivity index (χ3v) is 2.42. The Hall–Kier alpha value is -1.85. The van der Waals surface area contributed by atoms with E-state index in [0.717, 1.165) is 6.42 Å². The number of hydrogen-bond acceptors (Lipinski definition) is 5. The lowest BCUT2D eigenvalue weighted by Gasteiger charge is -2.18. The summed E-state index contributed by atoms with van der Waals surface area (Å²) in [5.41, 5.74) is 0.130. The SMILES string of the molecule is COc1ccc([N+](=O)[O-])c(NCCC(C)(C)C)n1. The van der Waals surface area contributed by atoms with Gasteiger partial charge in [-0.25, -0.2) is 0 Å². The first-order chi connectivity index (χ1) is 8.33. The van der Waals surface area contributed by atoms with Crippen molar-refractivity contribution in [3.05, 3.63) is 22.2 Å². The lowest BCUT2D eigenvalue weighted by atomic mass is 9.92. The fourth-order valence-electron chi connectivity index (χ4n) is 1.38. The van der Waals surface area contributed by atoms with Gasteiger partial charge in [-0.05, 0) is 11.8 Å². The van der Waals surface area contributed by atoms with Crippen LogP contribution in [0.15, 0.2) is 12.1 Å². The van der Waals surface area contributed by atoms with Gasteiger partial charge in [0.2, 0.25) is 11.7 Å². The van der Waals surface area contributed by atoms with E-state index >= 15 is 0 Å². The van der Waals surface area contributed by atoms with Gasteiger partial charge in [-0.15, -0.1) is 0 Å². The first-order valence-electron chi connectivity index (χ1n) is 5.77. The lowest BCUT2D eigenvalue weighted by molar-refractivity contribution is -0.384. The van der Waals surface area contributed by atoms with E-state index in [0.29, 0.717) is 12.4 Å². The highest BCUT2D eigenvalue weighted by Crippen LogP contribution is 2.26. The molecule has 0 unspecified atom stereocenters. The van der Waals surface area contributed by atoms with E-state index < -0.39 is 4.92 Å². The van der Waals surface area contributed by atoms with Gasteiger partial charge in [0.05, 0.1) is 12.0 Å². The zero-order valence-electron chi connectivity index (χ0n) is 11.2. The molecule has 0 bridgehead atoms. The van der Waals surface area contributed by atoms with Gasteiger partial charge in [-0.2, -0.15) is 4.98 Å². The quantitative estimate of drug-likeness (QED) is 0.645. The molecule has 1 aromatic rings. The number of nitrogens with zero attached hydrogens (tertiary/aromatic N) is 2. The van der Waals surface area contributed by atoms with E-state index in [4.69, 9.17) is 4.74 Å². The molecule has 1 N–H and O–H groups in total. The molecule has 0 radical (unpaired) electrons. The van der Waals surface area contributed by atoms with Crippen molar-refractivity contribution in [3.63, 3.8) is 0 Å². The number of hydrogen-bond donors (Lipinski definition) is 1. The predicted octanol–water partition coefficient (Wildman–Crippen LogP) is 2.85. The minimum Gasteiger partial charge on any atom is -0.481 e. The Labute approximate surface area is 107 Å². The summed E-state index contributed by atoms with van der Waals surface area (Å²) in [5.74, 6) is 0.613. The molecule has 6 heteroatoms. The molecule has 0 aliphatic carbocycles. The monoisotopic (exact) mass is 253 g/mol. The molecule has 0 saturated carbocycles. The van der Waals surface area contributed by atoms with Crippen molar-refractivity contribution >= 4 is 11.5 Å². The maximum absolute atomic E-state index is 10.9. The van der Waals surface area contributed by atoms with Crippen LogP contribution in [-0.4, -0.2) is 23.6 Å². The zero-order chi connectivity index (χ0) is 13.8. The molecule has 1 aromatic heterocycles. The summed E-state index contributed by atoms with van der Waals surface area (Å²) >= 11 is 0. The molecule has 0 spiro atoms. The van der Waals surface area contributed by atoms with Crippen molar-refractivity contribution in [1.82, 2.24) is 4.98 Å². The van der Waals surface area contributed by atoms with E-state index in [1.807, 2.05) is 0 Å². The van der Waals surface area contributed by atoms with Gasteiger partial charge >= 0.3 is 5.69 Å². The van der Waals surface area contributed by atoms with E-state index in [1.54, 1.807) is 0 Å². The summed E-state index contributed by atoms with van der Waals surface area (Å²) < 4.78 is 4.96. The van der Waals surface area contributed by atoms with E-state index in [2.05, 4.69) is 31.1 Å². The summed E-state index contributed by atoms with van der Waals surface area (Å²) in [5, 5.41) is 13.9. The Morgan fingerprint density at radius 2 is 2.11 bits per heavy atom. The standard InChI is InChI=1S/C12H19N3O3/c1-12(2,3)7-8-13-11-9(15(16)17)5-6-10(14-11)18-4/h5-6H,7-8H2,1-4H3,(H,13,14). The second-order valence-electron chi connectivity index (χ2n) is 5.22. The maximum atomic E-state index is 10.9. The Morgan fingerprint density at radius 3 is 2.61 bits per heavy atom. The van der Waals surface area contributed by atoms with E-state index in [-0.39, 0.29) is 16.9 Å². The van der Waals surface area contributed by atoms with Gasteiger partial charge in [0.25, 0.3) is 0 Å². The van der Waals surface area contributed by atoms with Crippen LogP contribution in [0.5, 0.6) is 5.88 Å². The molecule has 1 heterocycles. The lowest BCUT2D eigenvalue weighted by Crippen LogP contribution is -2.14. The van der Waals surface area contributed by atoms with Crippen LogP contribution in [0, 0.1) is 15.5 Å². The van der Waals surface area contributed by atoms with Gasteiger partial charge < -0.3 is 10.1 Å². The highest BCUT2D eigenvalue weighted by Gasteiger charge is 2.17. The minimum absolute atomic E-state index is 0.0373. The third kappa shape index (κ3) is 4.20. The van der Waals surface area contributed by atoms with E-state index in [9.17, 15) is 10.1 Å². The molecule has 1 rings (SSSR count). The van der Waals surface area contributed by atoms with Crippen LogP contribution in [0.3, 0.4) is 0 Å². The Bertz CT molecular complexity index is 427. The largest absolute Gasteiger partial charge is 0.481 e. The molecule has 6 nitrogen and oxygen atoms in total. The van der Waals surface area contributed by atoms with Crippen LogP contribution in [-0.2, 0) is 0 Å². The van der Waals surface area contributed by atoms with Crippen LogP contribution >= 0.6 is 0 Å². The Balaban J connectivity index is 2.81. The minimum atomic E-state index is -0.453. The number of pyridine rings is 1. The van der Waals surface area contributed by atoms with Crippen LogP contribution in [0.2, 0.25) is 0 Å². The number of ether oxygens (including phenoxy) is 1. The molecule has 0 saturated heterocycles. The fraction of sp³-hybridized carbons (Fsp3) is 0.583. The van der Waals surface area contributed by atoms with Gasteiger partial charge in [0.1, 0.15) is 0 Å². The summed E-state index contributed by atoms with van der Waals surface area (Å²) in [6.07, 6.45) is 0.892. The number of rotatable bonds is 5. The predicted molar refractivity (Wildman–Crippen MR) is 70.0 cm³/mol. The van der Waals surface area contributed by atoms with E-state index in [1.165, 1.54) is 19.2 Å². The number of anilines is 1. The van der Waals surface area contributed by atoms with Crippen molar-refractivity contribution in [1.29, 1.82) is 0 Å². The molecule has 0 fully saturated rings. The Morgan fingerprint density at radius 1 is 1.44 bits per heavy atom. The first kappa shape index (κ1) is 14.2. The smallest absolute Gasteiger partial charge is 0.311 e. The summed E-state index contributed by atoms with van der Waals surface area (Å²) in [6.45, 7) is 6.97. The molecular weight excluding hydrogens is 234 g/mol. The average Bonchev–Trinajstić information content (AvgIpc) is 2.26. The normalized spacial score (nSPS) is 11.1. The molecular formula is C12H19N3O3. The van der Waals surface area contributed by atoms with Gasteiger partial charge in [0, 0.05) is 18.7 Å². The summed E-state index contributed by atoms with van der Waals surface area (Å²) in [7, 11) is 1.48. The molecule has 0 aliphatic heterocycles. The molecule has 0 aromatic carbocycles. The van der Waals surface area contributed by atoms with Crippen LogP contribution in [0.4, 0.5) is 11.5 Å². The van der Waals surface area contributed by atoms with Crippen molar-refractivity contribution in [2.75, 3.05) is 19.0 Å². The van der Waals surface area contributed by atoms with Crippen molar-refractivity contribution in [2.45, 2.75) is 27.2 Å². The fourth-order valence-corrected chi connectivity index (χ4v) is 1.38. The first-order valence-corrected chi connectivity index (χ1v) is 5.77. The zero-order valence-corrected chi connectivity index (χ0v) is 11.2. The molecule has 18 heavy (non-hydrogen) atoms. The van der Waals surface area contributed by atoms with Crippen LogP contribution in [0.25, 0.3) is 0 Å². The highest BCUT2D eigenvalue weighted by atomic mass is 16.6. The van der Waals surface area contributed by atoms with Crippen molar-refractivity contribution in [2.24, 2.45) is 5.41 Å². The number of nitro groups is 1. The molecule has 0 amide bonds. The third-order valence-electron chi connectivity index (χ3n) is 2.42. The highest BCUT2D eigenvalue weighted by molar-refractivity contribution is 5.56. The summed E-state index contributed by atoms with van der Waals surface area (Å²) in [6, 6.07) is 2.87. The average molecular weight is 253 g/mol. The Kier molecular flexibility index (Phi) is 4.47. The number of nitrogens with one attached hydrogen (secondary N) is 1. The molecule has 0 aliphatic rings. The number of methoxy groups -OCH3 is 1. The topological polar surface area (TPSA) is 77.3 Å². The van der Waals surface area contributed by atoms with Crippen LogP contribution < -0.4 is 10.1 Å².